The molecule has 0 bridgehead atoms. The maximum absolute atomic E-state index is 14.3. The molecule has 9 nitrogen and oxygen atoms in total. The molecule has 42 heavy (non-hydrogen) atoms. The minimum Gasteiger partial charge on any atom is -0.372 e. The number of hydrogen-bond donors (Lipinski definition) is 3. The van der Waals surface area contributed by atoms with Crippen LogP contribution in [0.15, 0.2) is 46.9 Å². The number of likely N-dealkylation sites (tertiary alicyclic amines) is 1. The molecule has 2 heterocycles. The van der Waals surface area contributed by atoms with Gasteiger partial charge in [-0.2, -0.15) is 0 Å². The van der Waals surface area contributed by atoms with Crippen molar-refractivity contribution in [1.29, 1.82) is 0 Å². The fraction of sp³-hybridized carbons (Fsp3) is 0.517. The highest BCUT2D eigenvalue weighted by atomic mass is 79.9. The van der Waals surface area contributed by atoms with Gasteiger partial charge in [0, 0.05) is 34.6 Å². The van der Waals surface area contributed by atoms with Gasteiger partial charge >= 0.3 is 0 Å². The van der Waals surface area contributed by atoms with Crippen LogP contribution in [0, 0.1) is 11.7 Å². The third-order valence-electron chi connectivity index (χ3n) is 7.68. The van der Waals surface area contributed by atoms with E-state index in [-0.39, 0.29) is 26.1 Å². The van der Waals surface area contributed by atoms with Gasteiger partial charge in [0.15, 0.2) is 0 Å². The highest BCUT2D eigenvalue weighted by Gasteiger charge is 2.42. The van der Waals surface area contributed by atoms with Crippen molar-refractivity contribution in [2.75, 3.05) is 25.9 Å². The molecule has 0 aliphatic carbocycles. The molecule has 4 rings (SSSR count). The molecular weight excluding hydrogens is 651 g/mol. The first kappa shape index (κ1) is 32.8. The molecule has 2 aliphatic rings. The summed E-state index contributed by atoms with van der Waals surface area (Å²) in [6, 6.07) is 9.72. The van der Waals surface area contributed by atoms with E-state index in [1.807, 2.05) is 12.1 Å². The third-order valence-corrected chi connectivity index (χ3v) is 9.14. The van der Waals surface area contributed by atoms with E-state index in [0.717, 1.165) is 37.8 Å². The van der Waals surface area contributed by atoms with Gasteiger partial charge < -0.3 is 20.3 Å². The number of carbonyl (C=O) groups is 2. The Morgan fingerprint density at radius 2 is 1.90 bits per heavy atom. The number of sulfonamides is 1. The summed E-state index contributed by atoms with van der Waals surface area (Å²) in [5.74, 6) is -1.01. The fourth-order valence-electron chi connectivity index (χ4n) is 5.45. The van der Waals surface area contributed by atoms with Crippen LogP contribution in [0.2, 0.25) is 5.02 Å². The monoisotopic (exact) mass is 686 g/mol. The van der Waals surface area contributed by atoms with Crippen molar-refractivity contribution in [2.24, 2.45) is 5.92 Å². The maximum Gasteiger partial charge on any atom is 0.243 e. The summed E-state index contributed by atoms with van der Waals surface area (Å²) in [4.78, 5) is 28.8. The molecular formula is C29H37BrClFN4O5S. The average molecular weight is 688 g/mol. The normalized spacial score (nSPS) is 20.4. The second-order valence-electron chi connectivity index (χ2n) is 11.0. The molecule has 0 unspecified atom stereocenters. The van der Waals surface area contributed by atoms with Gasteiger partial charge in [0.2, 0.25) is 21.8 Å². The zero-order valence-electron chi connectivity index (χ0n) is 23.5. The molecule has 2 aliphatic heterocycles. The summed E-state index contributed by atoms with van der Waals surface area (Å²) in [5, 5.41) is 6.67. The van der Waals surface area contributed by atoms with Gasteiger partial charge in [-0.3, -0.25) is 9.59 Å². The highest BCUT2D eigenvalue weighted by Crippen LogP contribution is 2.26. The van der Waals surface area contributed by atoms with E-state index in [1.54, 1.807) is 24.3 Å². The van der Waals surface area contributed by atoms with E-state index in [0.29, 0.717) is 33.8 Å². The lowest BCUT2D eigenvalue weighted by Gasteiger charge is -2.30. The van der Waals surface area contributed by atoms with Crippen molar-refractivity contribution < 1.29 is 27.1 Å². The van der Waals surface area contributed by atoms with Crippen molar-refractivity contribution in [3.63, 3.8) is 0 Å². The quantitative estimate of drug-likeness (QED) is 0.313. The molecule has 2 aromatic carbocycles. The van der Waals surface area contributed by atoms with Crippen LogP contribution in [0.4, 0.5) is 4.39 Å². The number of nitrogens with zero attached hydrogens (tertiary/aromatic N) is 1. The number of halogens is 3. The van der Waals surface area contributed by atoms with E-state index >= 15 is 0 Å². The molecule has 0 aromatic heterocycles. The lowest BCUT2D eigenvalue weighted by molar-refractivity contribution is -0.140. The van der Waals surface area contributed by atoms with Crippen LogP contribution in [0.1, 0.15) is 43.2 Å². The molecule has 13 heteroatoms. The number of carbonyl (C=O) groups excluding carboxylic acids is 2. The van der Waals surface area contributed by atoms with Crippen molar-refractivity contribution in [1.82, 2.24) is 20.3 Å². The SMILES string of the molecule is CS(=O)(=O)N[C@H](CCC1CCNCC1)C(=O)N1C[C@H](OCc2ccc(Cl)cc2)C[C@H]1C(=O)NCc1cc(Br)ccc1F. The zero-order chi connectivity index (χ0) is 30.3. The average Bonchev–Trinajstić information content (AvgIpc) is 3.39. The van der Waals surface area contributed by atoms with Gasteiger partial charge in [0.05, 0.1) is 19.0 Å². The van der Waals surface area contributed by atoms with Crippen molar-refractivity contribution in [2.45, 2.75) is 63.4 Å². The maximum atomic E-state index is 14.3. The zero-order valence-corrected chi connectivity index (χ0v) is 26.6. The number of hydrogen-bond acceptors (Lipinski definition) is 6. The lowest BCUT2D eigenvalue weighted by Crippen LogP contribution is -2.53. The predicted octanol–water partition coefficient (Wildman–Crippen LogP) is 3.74. The van der Waals surface area contributed by atoms with E-state index in [2.05, 4.69) is 31.3 Å². The van der Waals surface area contributed by atoms with Gasteiger partial charge in [-0.15, -0.1) is 0 Å². The first-order chi connectivity index (χ1) is 20.0. The Hall–Kier alpha value is -2.09. The topological polar surface area (TPSA) is 117 Å². The Bertz CT molecular complexity index is 1340. The van der Waals surface area contributed by atoms with Crippen LogP contribution >= 0.6 is 27.5 Å². The van der Waals surface area contributed by atoms with Crippen molar-refractivity contribution in [3.8, 4) is 0 Å². The van der Waals surface area contributed by atoms with Crippen molar-refractivity contribution >= 4 is 49.4 Å². The minimum atomic E-state index is -3.71. The number of rotatable bonds is 12. The first-order valence-electron chi connectivity index (χ1n) is 14.0. The summed E-state index contributed by atoms with van der Waals surface area (Å²) in [6.07, 6.45) is 3.70. The van der Waals surface area contributed by atoms with Gasteiger partial charge in [0.25, 0.3) is 0 Å². The molecule has 3 N–H and O–H groups in total. The van der Waals surface area contributed by atoms with Crippen LogP contribution < -0.4 is 15.4 Å². The predicted molar refractivity (Wildman–Crippen MR) is 163 cm³/mol. The van der Waals surface area contributed by atoms with Gasteiger partial charge in [0.1, 0.15) is 17.9 Å². The van der Waals surface area contributed by atoms with E-state index < -0.39 is 45.8 Å². The fourth-order valence-corrected chi connectivity index (χ4v) is 6.72. The second kappa shape index (κ2) is 15.1. The molecule has 0 spiro atoms. The molecule has 0 radical (unpaired) electrons. The molecule has 2 aromatic rings. The van der Waals surface area contributed by atoms with E-state index in [4.69, 9.17) is 16.3 Å². The minimum absolute atomic E-state index is 0.0698. The first-order valence-corrected chi connectivity index (χ1v) is 17.1. The number of nitrogens with one attached hydrogen (secondary N) is 3. The molecule has 2 fully saturated rings. The lowest BCUT2D eigenvalue weighted by atomic mass is 9.91. The van der Waals surface area contributed by atoms with E-state index in [1.165, 1.54) is 11.0 Å². The summed E-state index contributed by atoms with van der Waals surface area (Å²) in [6.45, 7) is 2.08. The largest absolute Gasteiger partial charge is 0.372 e. The Kier molecular flexibility index (Phi) is 11.8. The van der Waals surface area contributed by atoms with Crippen LogP contribution in [0.5, 0.6) is 0 Å². The summed E-state index contributed by atoms with van der Waals surface area (Å²) < 4.78 is 48.1. The smallest absolute Gasteiger partial charge is 0.243 e. The molecule has 230 valence electrons. The number of amides is 2. The van der Waals surface area contributed by atoms with Crippen LogP contribution in [0.25, 0.3) is 0 Å². The van der Waals surface area contributed by atoms with Crippen LogP contribution in [-0.4, -0.2) is 69.2 Å². The van der Waals surface area contributed by atoms with Gasteiger partial charge in [-0.25, -0.2) is 17.5 Å². The van der Waals surface area contributed by atoms with Crippen molar-refractivity contribution in [3.05, 3.63) is 68.9 Å². The molecule has 2 amide bonds. The Balaban J connectivity index is 1.50. The summed E-state index contributed by atoms with van der Waals surface area (Å²) in [5.41, 5.74) is 1.18. The summed E-state index contributed by atoms with van der Waals surface area (Å²) >= 11 is 9.30. The standard InChI is InChI=1S/C29H37BrClFN4O5S/c1-42(39,40)35-26(9-4-19-10-12-33-13-11-19)29(38)36-17-24(41-18-20-2-6-23(31)7-3-20)15-27(36)28(37)34-16-21-14-22(30)5-8-25(21)32/h2-3,5-8,14,19,24,26-27,33,35H,4,9-13,15-18H2,1H3,(H,34,37)/t24-,26-,27+/m1/s1. The Morgan fingerprint density at radius 3 is 2.60 bits per heavy atom. The molecule has 2 saturated heterocycles. The van der Waals surface area contributed by atoms with Crippen LogP contribution in [0.3, 0.4) is 0 Å². The van der Waals surface area contributed by atoms with Gasteiger partial charge in [-0.05, 0) is 80.6 Å². The number of benzene rings is 2. The molecule has 0 saturated carbocycles. The third kappa shape index (κ3) is 9.72. The summed E-state index contributed by atoms with van der Waals surface area (Å²) in [7, 11) is -3.71. The molecule has 3 atom stereocenters. The number of piperidine rings is 1. The number of ether oxygens (including phenoxy) is 1. The Labute approximate surface area is 260 Å². The van der Waals surface area contributed by atoms with Gasteiger partial charge in [-0.1, -0.05) is 39.7 Å². The highest BCUT2D eigenvalue weighted by molar-refractivity contribution is 9.10. The second-order valence-corrected chi connectivity index (χ2v) is 14.1. The Morgan fingerprint density at radius 1 is 1.19 bits per heavy atom. The van der Waals surface area contributed by atoms with E-state index in [9.17, 15) is 22.4 Å². The van der Waals surface area contributed by atoms with Crippen LogP contribution in [-0.2, 0) is 37.5 Å².